The second kappa shape index (κ2) is 4.85. The van der Waals surface area contributed by atoms with E-state index in [2.05, 4.69) is 0 Å². The van der Waals surface area contributed by atoms with Gasteiger partial charge in [0.2, 0.25) is 0 Å². The number of carbonyl (C=O) groups is 1. The number of hydrogen-bond acceptors (Lipinski definition) is 4. The van der Waals surface area contributed by atoms with Crippen molar-refractivity contribution in [1.82, 2.24) is 5.06 Å². The molecule has 0 aliphatic carbocycles. The Bertz CT molecular complexity index is 375. The van der Waals surface area contributed by atoms with Gasteiger partial charge in [-0.25, -0.2) is 5.06 Å². The zero-order valence-electron chi connectivity index (χ0n) is 8.89. The molecule has 2 N–H and O–H groups in total. The highest BCUT2D eigenvalue weighted by atomic mass is 16.7. The van der Waals surface area contributed by atoms with Crippen molar-refractivity contribution in [3.63, 3.8) is 0 Å². The third-order valence-corrected chi connectivity index (χ3v) is 2.25. The second-order valence-corrected chi connectivity index (χ2v) is 3.54. The lowest BCUT2D eigenvalue weighted by Gasteiger charge is -2.14. The van der Waals surface area contributed by atoms with Gasteiger partial charge < -0.3 is 10.5 Å². The molecule has 1 fully saturated rings. The smallest absolute Gasteiger partial charge is 0.283 e. The molecule has 5 nitrogen and oxygen atoms in total. The van der Waals surface area contributed by atoms with Crippen LogP contribution >= 0.6 is 0 Å². The van der Waals surface area contributed by atoms with E-state index in [0.717, 1.165) is 6.42 Å². The van der Waals surface area contributed by atoms with Crippen molar-refractivity contribution in [3.8, 4) is 5.75 Å². The van der Waals surface area contributed by atoms with Gasteiger partial charge in [0.15, 0.2) is 6.61 Å². The van der Waals surface area contributed by atoms with Crippen molar-refractivity contribution in [2.24, 2.45) is 0 Å². The number of carbonyl (C=O) groups excluding carboxylic acids is 1. The first kappa shape index (κ1) is 10.8. The first-order valence-electron chi connectivity index (χ1n) is 5.17. The molecule has 0 atom stereocenters. The molecule has 86 valence electrons. The number of ether oxygens (including phenoxy) is 1. The first-order chi connectivity index (χ1) is 7.75. The summed E-state index contributed by atoms with van der Waals surface area (Å²) in [6.07, 6.45) is 0.879. The average Bonchev–Trinajstić information content (AvgIpc) is 2.79. The predicted molar refractivity (Wildman–Crippen MR) is 58.6 cm³/mol. The van der Waals surface area contributed by atoms with E-state index in [-0.39, 0.29) is 12.5 Å². The molecular formula is C11H14N2O3. The number of rotatable bonds is 3. The summed E-state index contributed by atoms with van der Waals surface area (Å²) in [6.45, 7) is 1.21. The number of nitrogen functional groups attached to an aromatic ring is 1. The maximum Gasteiger partial charge on any atom is 0.283 e. The summed E-state index contributed by atoms with van der Waals surface area (Å²) >= 11 is 0. The van der Waals surface area contributed by atoms with Crippen molar-refractivity contribution >= 4 is 11.6 Å². The fourth-order valence-corrected chi connectivity index (χ4v) is 1.47. The van der Waals surface area contributed by atoms with Crippen LogP contribution < -0.4 is 10.5 Å². The quantitative estimate of drug-likeness (QED) is 0.769. The van der Waals surface area contributed by atoms with Gasteiger partial charge in [-0.15, -0.1) is 0 Å². The Kier molecular flexibility index (Phi) is 3.26. The van der Waals surface area contributed by atoms with Crippen LogP contribution in [0.3, 0.4) is 0 Å². The maximum atomic E-state index is 11.5. The minimum absolute atomic E-state index is 0.0244. The van der Waals surface area contributed by atoms with E-state index in [1.807, 2.05) is 0 Å². The Labute approximate surface area is 93.7 Å². The molecule has 5 heteroatoms. The Morgan fingerprint density at radius 3 is 3.12 bits per heavy atom. The van der Waals surface area contributed by atoms with Gasteiger partial charge in [0, 0.05) is 11.8 Å². The minimum Gasteiger partial charge on any atom is -0.484 e. The predicted octanol–water partition coefficient (Wildman–Crippen LogP) is 0.811. The van der Waals surface area contributed by atoms with Gasteiger partial charge in [-0.05, 0) is 18.6 Å². The van der Waals surface area contributed by atoms with Gasteiger partial charge >= 0.3 is 0 Å². The van der Waals surface area contributed by atoms with Crippen LogP contribution in [0, 0.1) is 0 Å². The van der Waals surface area contributed by atoms with Crippen LogP contribution in [-0.4, -0.2) is 30.7 Å². The van der Waals surface area contributed by atoms with Gasteiger partial charge in [0.05, 0.1) is 13.2 Å². The third kappa shape index (κ3) is 2.64. The number of amides is 1. The SMILES string of the molecule is Nc1cccc(OCC(=O)N2CCCO2)c1. The molecule has 1 aliphatic rings. The molecule has 0 saturated carbocycles. The number of nitrogens with zero attached hydrogens (tertiary/aromatic N) is 1. The Morgan fingerprint density at radius 2 is 2.44 bits per heavy atom. The molecule has 2 rings (SSSR count). The largest absolute Gasteiger partial charge is 0.484 e. The van der Waals surface area contributed by atoms with Crippen LogP contribution in [0.2, 0.25) is 0 Å². The van der Waals surface area contributed by atoms with Gasteiger partial charge in [0.25, 0.3) is 5.91 Å². The van der Waals surface area contributed by atoms with E-state index in [9.17, 15) is 4.79 Å². The standard InChI is InChI=1S/C11H14N2O3/c12-9-3-1-4-10(7-9)15-8-11(14)13-5-2-6-16-13/h1,3-4,7H,2,5-6,8,12H2. The molecule has 1 aromatic rings. The number of anilines is 1. The molecule has 1 amide bonds. The van der Waals surface area contributed by atoms with Crippen molar-refractivity contribution in [3.05, 3.63) is 24.3 Å². The Hall–Kier alpha value is -1.75. The molecule has 1 saturated heterocycles. The zero-order chi connectivity index (χ0) is 11.4. The molecule has 1 heterocycles. The topological polar surface area (TPSA) is 64.8 Å². The highest BCUT2D eigenvalue weighted by molar-refractivity contribution is 5.76. The molecule has 0 aromatic heterocycles. The van der Waals surface area contributed by atoms with Crippen LogP contribution in [0.4, 0.5) is 5.69 Å². The molecule has 0 unspecified atom stereocenters. The number of hydrogen-bond donors (Lipinski definition) is 1. The fourth-order valence-electron chi connectivity index (χ4n) is 1.47. The summed E-state index contributed by atoms with van der Waals surface area (Å²) in [7, 11) is 0. The molecular weight excluding hydrogens is 208 g/mol. The summed E-state index contributed by atoms with van der Waals surface area (Å²) < 4.78 is 5.31. The monoisotopic (exact) mass is 222 g/mol. The first-order valence-corrected chi connectivity index (χ1v) is 5.17. The van der Waals surface area contributed by atoms with E-state index in [1.165, 1.54) is 5.06 Å². The average molecular weight is 222 g/mol. The molecule has 16 heavy (non-hydrogen) atoms. The fraction of sp³-hybridized carbons (Fsp3) is 0.364. The summed E-state index contributed by atoms with van der Waals surface area (Å²) in [4.78, 5) is 16.7. The number of benzene rings is 1. The second-order valence-electron chi connectivity index (χ2n) is 3.54. The van der Waals surface area contributed by atoms with Gasteiger partial charge in [-0.1, -0.05) is 6.07 Å². The van der Waals surface area contributed by atoms with Crippen molar-refractivity contribution < 1.29 is 14.4 Å². The summed E-state index contributed by atoms with van der Waals surface area (Å²) in [5.41, 5.74) is 6.20. The van der Waals surface area contributed by atoms with Crippen molar-refractivity contribution in [1.29, 1.82) is 0 Å². The molecule has 0 bridgehead atoms. The highest BCUT2D eigenvalue weighted by Crippen LogP contribution is 2.14. The summed E-state index contributed by atoms with van der Waals surface area (Å²) in [5, 5.41) is 1.34. The molecule has 1 aliphatic heterocycles. The highest BCUT2D eigenvalue weighted by Gasteiger charge is 2.19. The maximum absolute atomic E-state index is 11.5. The third-order valence-electron chi connectivity index (χ3n) is 2.25. The zero-order valence-corrected chi connectivity index (χ0v) is 8.89. The lowest BCUT2D eigenvalue weighted by molar-refractivity contribution is -0.170. The van der Waals surface area contributed by atoms with Crippen LogP contribution in [-0.2, 0) is 9.63 Å². The lowest BCUT2D eigenvalue weighted by Crippen LogP contribution is -2.31. The van der Waals surface area contributed by atoms with E-state index in [0.29, 0.717) is 24.6 Å². The van der Waals surface area contributed by atoms with Crippen LogP contribution in [0.15, 0.2) is 24.3 Å². The van der Waals surface area contributed by atoms with E-state index in [1.54, 1.807) is 24.3 Å². The minimum atomic E-state index is -0.167. The van der Waals surface area contributed by atoms with Crippen molar-refractivity contribution in [2.45, 2.75) is 6.42 Å². The summed E-state index contributed by atoms with van der Waals surface area (Å²) in [6, 6.07) is 6.98. The van der Waals surface area contributed by atoms with E-state index < -0.39 is 0 Å². The number of hydroxylamine groups is 2. The number of nitrogens with two attached hydrogens (primary N) is 1. The van der Waals surface area contributed by atoms with Crippen LogP contribution in [0.5, 0.6) is 5.75 Å². The Balaban J connectivity index is 1.84. The van der Waals surface area contributed by atoms with Crippen molar-refractivity contribution in [2.75, 3.05) is 25.5 Å². The summed E-state index contributed by atoms with van der Waals surface area (Å²) in [5.74, 6) is 0.424. The van der Waals surface area contributed by atoms with Crippen LogP contribution in [0.25, 0.3) is 0 Å². The van der Waals surface area contributed by atoms with E-state index in [4.69, 9.17) is 15.3 Å². The van der Waals surface area contributed by atoms with Gasteiger partial charge in [0.1, 0.15) is 5.75 Å². The molecule has 0 radical (unpaired) electrons. The van der Waals surface area contributed by atoms with Gasteiger partial charge in [-0.2, -0.15) is 0 Å². The molecule has 0 spiro atoms. The normalized spacial score (nSPS) is 15.1. The lowest BCUT2D eigenvalue weighted by atomic mass is 10.3. The van der Waals surface area contributed by atoms with Gasteiger partial charge in [-0.3, -0.25) is 9.63 Å². The Morgan fingerprint density at radius 1 is 1.56 bits per heavy atom. The molecule has 1 aromatic carbocycles. The van der Waals surface area contributed by atoms with Crippen LogP contribution in [0.1, 0.15) is 6.42 Å². The van der Waals surface area contributed by atoms with E-state index >= 15 is 0 Å².